The molecule has 0 aliphatic heterocycles. The van der Waals surface area contributed by atoms with Gasteiger partial charge in [-0.1, -0.05) is 56.3 Å². The lowest BCUT2D eigenvalue weighted by Gasteiger charge is -2.22. The average Bonchev–Trinajstić information content (AvgIpc) is 2.61. The number of carbonyl (C=O) groups is 2. The Balaban J connectivity index is 2.00. The summed E-state index contributed by atoms with van der Waals surface area (Å²) in [6.45, 7) is 4.30. The van der Waals surface area contributed by atoms with Crippen molar-refractivity contribution in [2.75, 3.05) is 12.4 Å². The van der Waals surface area contributed by atoms with Crippen molar-refractivity contribution in [2.45, 2.75) is 32.9 Å². The van der Waals surface area contributed by atoms with E-state index < -0.39 is 6.04 Å². The molecule has 2 amide bonds. The van der Waals surface area contributed by atoms with E-state index in [1.807, 2.05) is 68.4 Å². The van der Waals surface area contributed by atoms with Gasteiger partial charge in [0.25, 0.3) is 0 Å². The molecule has 2 aromatic rings. The van der Waals surface area contributed by atoms with Gasteiger partial charge < -0.3 is 15.4 Å². The van der Waals surface area contributed by atoms with E-state index in [-0.39, 0.29) is 24.2 Å². The summed E-state index contributed by atoms with van der Waals surface area (Å²) in [5, 5.41) is 5.73. The Morgan fingerprint density at radius 2 is 1.69 bits per heavy atom. The standard InChI is InChI=1S/C21H26N2O3/c1-15(2)20(23-19(24)13-16-8-5-4-6-9-16)21(25)22-18-11-7-10-17(12-18)14-26-3/h4-12,15,20H,13-14H2,1-3H3,(H,22,25)(H,23,24). The van der Waals surface area contributed by atoms with Crippen LogP contribution in [0.25, 0.3) is 0 Å². The van der Waals surface area contributed by atoms with Gasteiger partial charge in [-0.3, -0.25) is 9.59 Å². The van der Waals surface area contributed by atoms with Crippen molar-refractivity contribution >= 4 is 17.5 Å². The van der Waals surface area contributed by atoms with Crippen molar-refractivity contribution in [3.63, 3.8) is 0 Å². The summed E-state index contributed by atoms with van der Waals surface area (Å²) < 4.78 is 5.11. The van der Waals surface area contributed by atoms with Crippen LogP contribution in [-0.4, -0.2) is 25.0 Å². The van der Waals surface area contributed by atoms with Crippen LogP contribution in [0.5, 0.6) is 0 Å². The molecule has 5 nitrogen and oxygen atoms in total. The average molecular weight is 354 g/mol. The van der Waals surface area contributed by atoms with Crippen LogP contribution in [0.4, 0.5) is 5.69 Å². The molecule has 1 unspecified atom stereocenters. The molecule has 0 bridgehead atoms. The number of methoxy groups -OCH3 is 1. The van der Waals surface area contributed by atoms with Gasteiger partial charge in [0.2, 0.25) is 11.8 Å². The number of benzene rings is 2. The second kappa shape index (κ2) is 9.73. The van der Waals surface area contributed by atoms with E-state index >= 15 is 0 Å². The molecule has 138 valence electrons. The van der Waals surface area contributed by atoms with Crippen molar-refractivity contribution in [3.8, 4) is 0 Å². The fraction of sp³-hybridized carbons (Fsp3) is 0.333. The van der Waals surface area contributed by atoms with E-state index in [1.54, 1.807) is 7.11 Å². The quantitative estimate of drug-likeness (QED) is 0.765. The van der Waals surface area contributed by atoms with Gasteiger partial charge >= 0.3 is 0 Å². The number of rotatable bonds is 8. The first-order valence-corrected chi connectivity index (χ1v) is 8.71. The molecular formula is C21H26N2O3. The zero-order chi connectivity index (χ0) is 18.9. The molecule has 0 fully saturated rings. The van der Waals surface area contributed by atoms with E-state index in [4.69, 9.17) is 4.74 Å². The Bertz CT molecular complexity index is 729. The topological polar surface area (TPSA) is 67.4 Å². The first-order chi connectivity index (χ1) is 12.5. The maximum absolute atomic E-state index is 12.7. The summed E-state index contributed by atoms with van der Waals surface area (Å²) in [5.41, 5.74) is 2.58. The highest BCUT2D eigenvalue weighted by atomic mass is 16.5. The van der Waals surface area contributed by atoms with Crippen LogP contribution < -0.4 is 10.6 Å². The summed E-state index contributed by atoms with van der Waals surface area (Å²) in [6, 6.07) is 16.4. The molecule has 2 rings (SSSR count). The first-order valence-electron chi connectivity index (χ1n) is 8.71. The molecule has 26 heavy (non-hydrogen) atoms. The number of anilines is 1. The SMILES string of the molecule is COCc1cccc(NC(=O)C(NC(=O)Cc2ccccc2)C(C)C)c1. The maximum atomic E-state index is 12.7. The van der Waals surface area contributed by atoms with E-state index in [9.17, 15) is 9.59 Å². The lowest BCUT2D eigenvalue weighted by Crippen LogP contribution is -2.47. The number of ether oxygens (including phenoxy) is 1. The maximum Gasteiger partial charge on any atom is 0.247 e. The molecule has 0 saturated heterocycles. The fourth-order valence-corrected chi connectivity index (χ4v) is 2.67. The molecule has 0 aliphatic carbocycles. The lowest BCUT2D eigenvalue weighted by atomic mass is 10.0. The second-order valence-electron chi connectivity index (χ2n) is 6.57. The van der Waals surface area contributed by atoms with Crippen molar-refractivity contribution in [3.05, 3.63) is 65.7 Å². The summed E-state index contributed by atoms with van der Waals surface area (Å²) in [4.78, 5) is 25.0. The molecular weight excluding hydrogens is 328 g/mol. The molecule has 0 spiro atoms. The minimum Gasteiger partial charge on any atom is -0.380 e. The Kier molecular flexibility index (Phi) is 7.36. The first kappa shape index (κ1) is 19.7. The van der Waals surface area contributed by atoms with Gasteiger partial charge in [0.1, 0.15) is 6.04 Å². The highest BCUT2D eigenvalue weighted by Crippen LogP contribution is 2.13. The van der Waals surface area contributed by atoms with Crippen LogP contribution in [0.15, 0.2) is 54.6 Å². The third kappa shape index (κ3) is 6.01. The van der Waals surface area contributed by atoms with Gasteiger partial charge in [-0.15, -0.1) is 0 Å². The molecule has 5 heteroatoms. The second-order valence-corrected chi connectivity index (χ2v) is 6.57. The molecule has 0 aliphatic rings. The highest BCUT2D eigenvalue weighted by Gasteiger charge is 2.24. The van der Waals surface area contributed by atoms with Gasteiger partial charge in [-0.05, 0) is 29.2 Å². The Morgan fingerprint density at radius 1 is 1.00 bits per heavy atom. The summed E-state index contributed by atoms with van der Waals surface area (Å²) >= 11 is 0. The fourth-order valence-electron chi connectivity index (χ4n) is 2.67. The third-order valence-electron chi connectivity index (χ3n) is 3.98. The zero-order valence-corrected chi connectivity index (χ0v) is 15.5. The van der Waals surface area contributed by atoms with Gasteiger partial charge in [-0.2, -0.15) is 0 Å². The predicted octanol–water partition coefficient (Wildman–Crippen LogP) is 3.16. The zero-order valence-electron chi connectivity index (χ0n) is 15.5. The molecule has 0 radical (unpaired) electrons. The minimum atomic E-state index is -0.600. The third-order valence-corrected chi connectivity index (χ3v) is 3.98. The predicted molar refractivity (Wildman–Crippen MR) is 103 cm³/mol. The van der Waals surface area contributed by atoms with Gasteiger partial charge in [0.05, 0.1) is 13.0 Å². The van der Waals surface area contributed by atoms with Gasteiger partial charge in [0, 0.05) is 12.8 Å². The van der Waals surface area contributed by atoms with E-state index in [1.165, 1.54) is 0 Å². The van der Waals surface area contributed by atoms with E-state index in [0.717, 1.165) is 11.1 Å². The monoisotopic (exact) mass is 354 g/mol. The smallest absolute Gasteiger partial charge is 0.247 e. The van der Waals surface area contributed by atoms with E-state index in [0.29, 0.717) is 12.3 Å². The number of amides is 2. The normalized spacial score (nSPS) is 11.8. The summed E-state index contributed by atoms with van der Waals surface area (Å²) in [5.74, 6) is -0.425. The summed E-state index contributed by atoms with van der Waals surface area (Å²) in [6.07, 6.45) is 0.251. The van der Waals surface area contributed by atoms with E-state index in [2.05, 4.69) is 10.6 Å². The summed E-state index contributed by atoms with van der Waals surface area (Å²) in [7, 11) is 1.63. The molecule has 2 N–H and O–H groups in total. The molecule has 0 heterocycles. The van der Waals surface area contributed by atoms with Crippen molar-refractivity contribution in [2.24, 2.45) is 5.92 Å². The molecule has 2 aromatic carbocycles. The van der Waals surface area contributed by atoms with Crippen LogP contribution >= 0.6 is 0 Å². The number of carbonyl (C=O) groups excluding carboxylic acids is 2. The van der Waals surface area contributed by atoms with Crippen LogP contribution in [0, 0.1) is 5.92 Å². The molecule has 0 saturated carbocycles. The molecule has 0 aromatic heterocycles. The number of hydrogen-bond donors (Lipinski definition) is 2. The number of nitrogens with one attached hydrogen (secondary N) is 2. The van der Waals surface area contributed by atoms with Crippen LogP contribution in [0.3, 0.4) is 0 Å². The van der Waals surface area contributed by atoms with Gasteiger partial charge in [-0.25, -0.2) is 0 Å². The largest absolute Gasteiger partial charge is 0.380 e. The van der Waals surface area contributed by atoms with Gasteiger partial charge in [0.15, 0.2) is 0 Å². The molecule has 1 atom stereocenters. The van der Waals surface area contributed by atoms with Crippen LogP contribution in [0.2, 0.25) is 0 Å². The highest BCUT2D eigenvalue weighted by molar-refractivity contribution is 5.97. The number of hydrogen-bond acceptors (Lipinski definition) is 3. The lowest BCUT2D eigenvalue weighted by molar-refractivity contribution is -0.127. The Labute approximate surface area is 154 Å². The van der Waals surface area contributed by atoms with Crippen molar-refractivity contribution in [1.29, 1.82) is 0 Å². The minimum absolute atomic E-state index is 0.0307. The Hall–Kier alpha value is -2.66. The van der Waals surface area contributed by atoms with Crippen molar-refractivity contribution < 1.29 is 14.3 Å². The van der Waals surface area contributed by atoms with Crippen LogP contribution in [-0.2, 0) is 27.4 Å². The van der Waals surface area contributed by atoms with Crippen LogP contribution in [0.1, 0.15) is 25.0 Å². The van der Waals surface area contributed by atoms with Crippen molar-refractivity contribution in [1.82, 2.24) is 5.32 Å². The Morgan fingerprint density at radius 3 is 2.35 bits per heavy atom.